The Morgan fingerprint density at radius 2 is 2.20 bits per heavy atom. The summed E-state index contributed by atoms with van der Waals surface area (Å²) in [5.41, 5.74) is 3.37. The molecular weight excluding hydrogens is 278 g/mol. The van der Waals surface area contributed by atoms with Crippen LogP contribution in [0.3, 0.4) is 0 Å². The molecule has 0 bridgehead atoms. The van der Waals surface area contributed by atoms with Crippen LogP contribution in [0.25, 0.3) is 0 Å². The van der Waals surface area contributed by atoms with Crippen LogP contribution in [0.4, 0.5) is 17.5 Å². The Labute approximate surface area is 121 Å². The van der Waals surface area contributed by atoms with E-state index in [2.05, 4.69) is 15.4 Å². The van der Waals surface area contributed by atoms with Gasteiger partial charge in [-0.15, -0.1) is 0 Å². The third kappa shape index (κ3) is 2.35. The summed E-state index contributed by atoms with van der Waals surface area (Å²) in [6, 6.07) is 7.81. The minimum Gasteiger partial charge on any atom is -0.491 e. The van der Waals surface area contributed by atoms with Gasteiger partial charge in [-0.25, -0.2) is 10.8 Å². The molecule has 1 aromatic carbocycles. The molecule has 0 atom stereocenters. The first-order valence-electron chi connectivity index (χ1n) is 6.28. The molecule has 0 unspecified atom stereocenters. The minimum atomic E-state index is 0.326. The highest BCUT2D eigenvalue weighted by Crippen LogP contribution is 2.37. The van der Waals surface area contributed by atoms with Crippen molar-refractivity contribution in [3.8, 4) is 5.75 Å². The maximum atomic E-state index is 6.23. The molecule has 2 heterocycles. The number of nitrogen functional groups attached to an aromatic ring is 1. The Morgan fingerprint density at radius 1 is 1.35 bits per heavy atom. The summed E-state index contributed by atoms with van der Waals surface area (Å²) >= 11 is 6.23. The van der Waals surface area contributed by atoms with E-state index in [-0.39, 0.29) is 0 Å². The SMILES string of the molecule is NNc1ncc(Cl)c(N2CCCOc3ccccc32)n1. The van der Waals surface area contributed by atoms with Crippen molar-refractivity contribution < 1.29 is 4.74 Å². The van der Waals surface area contributed by atoms with E-state index in [9.17, 15) is 0 Å². The molecule has 0 aliphatic carbocycles. The van der Waals surface area contributed by atoms with Crippen molar-refractivity contribution in [3.05, 3.63) is 35.5 Å². The Balaban J connectivity index is 2.09. The highest BCUT2D eigenvalue weighted by atomic mass is 35.5. The van der Waals surface area contributed by atoms with Crippen LogP contribution >= 0.6 is 11.6 Å². The van der Waals surface area contributed by atoms with Gasteiger partial charge in [0.25, 0.3) is 0 Å². The van der Waals surface area contributed by atoms with Gasteiger partial charge in [0.2, 0.25) is 5.95 Å². The van der Waals surface area contributed by atoms with Crippen molar-refractivity contribution in [1.29, 1.82) is 0 Å². The first-order valence-corrected chi connectivity index (χ1v) is 6.66. The van der Waals surface area contributed by atoms with Crippen molar-refractivity contribution in [1.82, 2.24) is 9.97 Å². The average molecular weight is 292 g/mol. The lowest BCUT2D eigenvalue weighted by molar-refractivity contribution is 0.322. The summed E-state index contributed by atoms with van der Waals surface area (Å²) in [4.78, 5) is 10.4. The predicted molar refractivity (Wildman–Crippen MR) is 78.4 cm³/mol. The van der Waals surface area contributed by atoms with E-state index >= 15 is 0 Å². The summed E-state index contributed by atoms with van der Waals surface area (Å²) in [6.45, 7) is 1.43. The fourth-order valence-corrected chi connectivity index (χ4v) is 2.36. The number of aromatic nitrogens is 2. The number of nitrogens with one attached hydrogen (secondary N) is 1. The van der Waals surface area contributed by atoms with Gasteiger partial charge in [0.05, 0.1) is 18.5 Å². The maximum Gasteiger partial charge on any atom is 0.239 e. The molecular formula is C13H14ClN5O. The van der Waals surface area contributed by atoms with Crippen LogP contribution in [0, 0.1) is 0 Å². The van der Waals surface area contributed by atoms with E-state index < -0.39 is 0 Å². The third-order valence-electron chi connectivity index (χ3n) is 3.05. The minimum absolute atomic E-state index is 0.326. The summed E-state index contributed by atoms with van der Waals surface area (Å²) in [6.07, 6.45) is 2.41. The van der Waals surface area contributed by atoms with Crippen LogP contribution in [0.1, 0.15) is 6.42 Å². The molecule has 20 heavy (non-hydrogen) atoms. The summed E-state index contributed by atoms with van der Waals surface area (Å²) in [7, 11) is 0. The molecule has 2 aromatic rings. The average Bonchev–Trinajstić information content (AvgIpc) is 2.70. The molecule has 7 heteroatoms. The predicted octanol–water partition coefficient (Wildman–Crippen LogP) is 2.34. The second kappa shape index (κ2) is 5.52. The second-order valence-corrected chi connectivity index (χ2v) is 4.74. The van der Waals surface area contributed by atoms with Crippen molar-refractivity contribution in [2.45, 2.75) is 6.42 Å². The molecule has 1 aromatic heterocycles. The van der Waals surface area contributed by atoms with E-state index in [1.54, 1.807) is 0 Å². The Kier molecular flexibility index (Phi) is 3.58. The molecule has 0 spiro atoms. The van der Waals surface area contributed by atoms with Gasteiger partial charge in [0.15, 0.2) is 5.82 Å². The molecule has 1 aliphatic rings. The van der Waals surface area contributed by atoms with Crippen LogP contribution in [-0.2, 0) is 0 Å². The van der Waals surface area contributed by atoms with Gasteiger partial charge in [-0.2, -0.15) is 4.98 Å². The Morgan fingerprint density at radius 3 is 3.05 bits per heavy atom. The normalized spacial score (nSPS) is 14.2. The molecule has 0 radical (unpaired) electrons. The van der Waals surface area contributed by atoms with Crippen molar-refractivity contribution in [2.24, 2.45) is 5.84 Å². The summed E-state index contributed by atoms with van der Waals surface area (Å²) in [5.74, 6) is 7.13. The zero-order chi connectivity index (χ0) is 13.9. The van der Waals surface area contributed by atoms with E-state index in [4.69, 9.17) is 22.2 Å². The largest absolute Gasteiger partial charge is 0.491 e. The highest BCUT2D eigenvalue weighted by molar-refractivity contribution is 6.33. The highest BCUT2D eigenvalue weighted by Gasteiger charge is 2.21. The fourth-order valence-electron chi connectivity index (χ4n) is 2.16. The van der Waals surface area contributed by atoms with E-state index in [0.29, 0.717) is 23.4 Å². The lowest BCUT2D eigenvalue weighted by atomic mass is 10.2. The molecule has 0 fully saturated rings. The number of fused-ring (bicyclic) bond motifs is 1. The van der Waals surface area contributed by atoms with Gasteiger partial charge in [0.1, 0.15) is 10.8 Å². The van der Waals surface area contributed by atoms with Crippen LogP contribution in [0.15, 0.2) is 30.5 Å². The molecule has 104 valence electrons. The zero-order valence-corrected chi connectivity index (χ0v) is 11.5. The van der Waals surface area contributed by atoms with Gasteiger partial charge >= 0.3 is 0 Å². The first kappa shape index (κ1) is 13.0. The number of hydrazine groups is 1. The number of hydrogen-bond donors (Lipinski definition) is 2. The van der Waals surface area contributed by atoms with E-state index in [1.165, 1.54) is 6.20 Å². The first-order chi connectivity index (χ1) is 9.79. The third-order valence-corrected chi connectivity index (χ3v) is 3.32. The quantitative estimate of drug-likeness (QED) is 0.653. The lowest BCUT2D eigenvalue weighted by Crippen LogP contribution is -2.21. The van der Waals surface area contributed by atoms with Gasteiger partial charge in [-0.1, -0.05) is 23.7 Å². The number of para-hydroxylation sites is 2. The van der Waals surface area contributed by atoms with Crippen molar-refractivity contribution >= 4 is 29.1 Å². The molecule has 0 saturated carbocycles. The van der Waals surface area contributed by atoms with E-state index in [1.807, 2.05) is 29.2 Å². The van der Waals surface area contributed by atoms with Crippen LogP contribution in [-0.4, -0.2) is 23.1 Å². The number of rotatable bonds is 2. The molecule has 0 saturated heterocycles. The lowest BCUT2D eigenvalue weighted by Gasteiger charge is -2.23. The molecule has 6 nitrogen and oxygen atoms in total. The number of nitrogens with zero attached hydrogens (tertiary/aromatic N) is 3. The summed E-state index contributed by atoms with van der Waals surface area (Å²) in [5, 5.41) is 0.473. The second-order valence-electron chi connectivity index (χ2n) is 4.33. The van der Waals surface area contributed by atoms with Crippen LogP contribution < -0.4 is 20.9 Å². The smallest absolute Gasteiger partial charge is 0.239 e. The van der Waals surface area contributed by atoms with Gasteiger partial charge < -0.3 is 9.64 Å². The molecule has 3 rings (SSSR count). The van der Waals surface area contributed by atoms with E-state index in [0.717, 1.165) is 24.4 Å². The monoisotopic (exact) mass is 291 g/mol. The molecule has 0 amide bonds. The number of anilines is 3. The van der Waals surface area contributed by atoms with Gasteiger partial charge in [-0.05, 0) is 18.6 Å². The van der Waals surface area contributed by atoms with Crippen molar-refractivity contribution in [2.75, 3.05) is 23.5 Å². The zero-order valence-electron chi connectivity index (χ0n) is 10.7. The van der Waals surface area contributed by atoms with Crippen molar-refractivity contribution in [3.63, 3.8) is 0 Å². The fraction of sp³-hybridized carbons (Fsp3) is 0.231. The Hall–Kier alpha value is -2.05. The molecule has 3 N–H and O–H groups in total. The van der Waals surface area contributed by atoms with Gasteiger partial charge in [0, 0.05) is 6.54 Å². The Bertz CT molecular complexity index is 621. The topological polar surface area (TPSA) is 76.3 Å². The summed E-state index contributed by atoms with van der Waals surface area (Å²) < 4.78 is 5.73. The number of nitrogens with two attached hydrogens (primary N) is 1. The number of halogens is 1. The standard InChI is InChI=1S/C13H14ClN5O/c14-9-8-16-13(18-15)17-12(9)19-6-3-7-20-11-5-2-1-4-10(11)19/h1-2,4-5,8H,3,6-7,15H2,(H,16,17,18). The maximum absolute atomic E-state index is 6.23. The molecule has 1 aliphatic heterocycles. The van der Waals surface area contributed by atoms with Gasteiger partial charge in [-0.3, -0.25) is 5.43 Å². The number of hydrogen-bond acceptors (Lipinski definition) is 6. The van der Waals surface area contributed by atoms with Crippen LogP contribution in [0.5, 0.6) is 5.75 Å². The van der Waals surface area contributed by atoms with Crippen LogP contribution in [0.2, 0.25) is 5.02 Å². The number of benzene rings is 1. The number of ether oxygens (including phenoxy) is 1.